The Morgan fingerprint density at radius 1 is 1.03 bits per heavy atom. The molecule has 172 valence electrons. The predicted octanol–water partition coefficient (Wildman–Crippen LogP) is 4.52. The first kappa shape index (κ1) is 22.8. The van der Waals surface area contributed by atoms with Gasteiger partial charge in [0.15, 0.2) is 0 Å². The third kappa shape index (κ3) is 5.33. The van der Waals surface area contributed by atoms with Crippen molar-refractivity contribution >= 4 is 11.6 Å². The molecule has 2 aromatic carbocycles. The van der Waals surface area contributed by atoms with Crippen molar-refractivity contribution < 1.29 is 4.79 Å². The van der Waals surface area contributed by atoms with Gasteiger partial charge >= 0.3 is 0 Å². The fourth-order valence-corrected chi connectivity index (χ4v) is 5.16. The number of hydrogen-bond acceptors (Lipinski definition) is 4. The summed E-state index contributed by atoms with van der Waals surface area (Å²) in [6.45, 7) is 9.59. The molecule has 1 saturated carbocycles. The second kappa shape index (κ2) is 11.0. The zero-order chi connectivity index (χ0) is 22.3. The highest BCUT2D eigenvalue weighted by molar-refractivity contribution is 5.94. The maximum atomic E-state index is 12.8. The molecule has 1 amide bonds. The van der Waals surface area contributed by atoms with E-state index in [1.54, 1.807) is 0 Å². The molecule has 0 aromatic heterocycles. The van der Waals surface area contributed by atoms with Crippen LogP contribution < -0.4 is 10.6 Å². The van der Waals surface area contributed by atoms with Gasteiger partial charge in [0, 0.05) is 56.6 Å². The topological polar surface area (TPSA) is 47.6 Å². The maximum Gasteiger partial charge on any atom is 0.253 e. The summed E-state index contributed by atoms with van der Waals surface area (Å²) in [6.07, 6.45) is 5.21. The summed E-state index contributed by atoms with van der Waals surface area (Å²) in [5.41, 5.74) is 4.56. The number of carbonyl (C=O) groups excluding carboxylic acids is 1. The highest BCUT2D eigenvalue weighted by Crippen LogP contribution is 2.32. The standard InChI is InChI=1S/C27H38N4O/c1-3-30(4-2)27(32)22-14-12-21(13-15-22)26(31-18-16-28-17-19-31)23-8-7-11-25(20-23)29-24-9-5-6-10-24/h7-8,11-15,20,24,26,28-29H,3-6,9-10,16-19H2,1-2H3. The highest BCUT2D eigenvalue weighted by atomic mass is 16.2. The molecule has 2 fully saturated rings. The van der Waals surface area contributed by atoms with Gasteiger partial charge in [-0.2, -0.15) is 0 Å². The molecule has 0 spiro atoms. The lowest BCUT2D eigenvalue weighted by Crippen LogP contribution is -2.45. The summed E-state index contributed by atoms with van der Waals surface area (Å²) in [4.78, 5) is 17.2. The van der Waals surface area contributed by atoms with E-state index in [9.17, 15) is 4.79 Å². The summed E-state index contributed by atoms with van der Waals surface area (Å²) in [5, 5.41) is 7.24. The Kier molecular flexibility index (Phi) is 7.82. The number of nitrogens with one attached hydrogen (secondary N) is 2. The highest BCUT2D eigenvalue weighted by Gasteiger charge is 2.25. The van der Waals surface area contributed by atoms with Crippen LogP contribution in [0.15, 0.2) is 48.5 Å². The second-order valence-electron chi connectivity index (χ2n) is 9.04. The Labute approximate surface area is 193 Å². The van der Waals surface area contributed by atoms with Crippen LogP contribution in [0.2, 0.25) is 0 Å². The van der Waals surface area contributed by atoms with Gasteiger partial charge in [0.25, 0.3) is 5.91 Å². The molecule has 1 saturated heterocycles. The Morgan fingerprint density at radius 3 is 2.38 bits per heavy atom. The van der Waals surface area contributed by atoms with Crippen LogP contribution >= 0.6 is 0 Å². The molecule has 0 radical (unpaired) electrons. The van der Waals surface area contributed by atoms with Crippen molar-refractivity contribution in [1.82, 2.24) is 15.1 Å². The van der Waals surface area contributed by atoms with Gasteiger partial charge < -0.3 is 15.5 Å². The van der Waals surface area contributed by atoms with E-state index in [1.165, 1.54) is 42.5 Å². The van der Waals surface area contributed by atoms with Crippen LogP contribution in [0.4, 0.5) is 5.69 Å². The van der Waals surface area contributed by atoms with Crippen molar-refractivity contribution in [3.05, 3.63) is 65.2 Å². The minimum absolute atomic E-state index is 0.114. The average molecular weight is 435 g/mol. The van der Waals surface area contributed by atoms with Crippen LogP contribution in [0, 0.1) is 0 Å². The molecule has 1 aliphatic heterocycles. The first-order valence-electron chi connectivity index (χ1n) is 12.4. The predicted molar refractivity (Wildman–Crippen MR) is 132 cm³/mol. The van der Waals surface area contributed by atoms with E-state index in [4.69, 9.17) is 0 Å². The molecule has 2 aromatic rings. The van der Waals surface area contributed by atoms with E-state index in [-0.39, 0.29) is 11.9 Å². The van der Waals surface area contributed by atoms with Crippen LogP contribution in [0.25, 0.3) is 0 Å². The van der Waals surface area contributed by atoms with Crippen molar-refractivity contribution in [2.45, 2.75) is 51.6 Å². The number of rotatable bonds is 8. The minimum atomic E-state index is 0.114. The molecule has 1 aliphatic carbocycles. The number of hydrogen-bond donors (Lipinski definition) is 2. The monoisotopic (exact) mass is 434 g/mol. The van der Waals surface area contributed by atoms with Crippen LogP contribution in [-0.4, -0.2) is 61.0 Å². The number of benzene rings is 2. The molecule has 32 heavy (non-hydrogen) atoms. The van der Waals surface area contributed by atoms with E-state index in [2.05, 4.69) is 51.9 Å². The lowest BCUT2D eigenvalue weighted by molar-refractivity contribution is 0.0773. The SMILES string of the molecule is CCN(CC)C(=O)c1ccc(C(c2cccc(NC3CCCC3)c2)N2CCNCC2)cc1. The van der Waals surface area contributed by atoms with Crippen LogP contribution in [0.3, 0.4) is 0 Å². The Balaban J connectivity index is 1.60. The summed E-state index contributed by atoms with van der Waals surface area (Å²) in [7, 11) is 0. The van der Waals surface area contributed by atoms with E-state index in [0.29, 0.717) is 6.04 Å². The van der Waals surface area contributed by atoms with Crippen LogP contribution in [0.5, 0.6) is 0 Å². The van der Waals surface area contributed by atoms with Gasteiger partial charge in [0.05, 0.1) is 6.04 Å². The van der Waals surface area contributed by atoms with Crippen molar-refractivity contribution in [1.29, 1.82) is 0 Å². The summed E-state index contributed by atoms with van der Waals surface area (Å²) in [6, 6.07) is 18.1. The minimum Gasteiger partial charge on any atom is -0.382 e. The van der Waals surface area contributed by atoms with Crippen molar-refractivity contribution in [3.63, 3.8) is 0 Å². The quantitative estimate of drug-likeness (QED) is 0.641. The Morgan fingerprint density at radius 2 is 1.72 bits per heavy atom. The molecular weight excluding hydrogens is 396 g/mol. The zero-order valence-corrected chi connectivity index (χ0v) is 19.6. The lowest BCUT2D eigenvalue weighted by Gasteiger charge is -2.36. The van der Waals surface area contributed by atoms with Gasteiger partial charge in [-0.3, -0.25) is 9.69 Å². The molecule has 1 unspecified atom stereocenters. The van der Waals surface area contributed by atoms with Gasteiger partial charge in [-0.25, -0.2) is 0 Å². The molecule has 2 aliphatic rings. The Bertz CT molecular complexity index is 865. The number of nitrogens with zero attached hydrogens (tertiary/aromatic N) is 2. The lowest BCUT2D eigenvalue weighted by atomic mass is 9.95. The summed E-state index contributed by atoms with van der Waals surface area (Å²) in [5.74, 6) is 0.114. The number of amides is 1. The zero-order valence-electron chi connectivity index (χ0n) is 19.6. The number of piperazine rings is 1. The van der Waals surface area contributed by atoms with Crippen molar-refractivity contribution in [2.24, 2.45) is 0 Å². The second-order valence-corrected chi connectivity index (χ2v) is 9.04. The van der Waals surface area contributed by atoms with Gasteiger partial charge in [-0.1, -0.05) is 37.1 Å². The normalized spacial score (nSPS) is 18.4. The summed E-state index contributed by atoms with van der Waals surface area (Å²) >= 11 is 0. The van der Waals surface area contributed by atoms with Crippen molar-refractivity contribution in [2.75, 3.05) is 44.6 Å². The third-order valence-electron chi connectivity index (χ3n) is 6.97. The van der Waals surface area contributed by atoms with E-state index in [1.807, 2.05) is 30.9 Å². The molecule has 1 atom stereocenters. The van der Waals surface area contributed by atoms with Crippen molar-refractivity contribution in [3.8, 4) is 0 Å². The maximum absolute atomic E-state index is 12.8. The van der Waals surface area contributed by atoms with Crippen LogP contribution in [0.1, 0.15) is 67.1 Å². The number of carbonyl (C=O) groups is 1. The Hall–Kier alpha value is -2.37. The van der Waals surface area contributed by atoms with E-state index in [0.717, 1.165) is 44.8 Å². The first-order valence-corrected chi connectivity index (χ1v) is 12.4. The molecule has 0 bridgehead atoms. The van der Waals surface area contributed by atoms with E-state index >= 15 is 0 Å². The van der Waals surface area contributed by atoms with Gasteiger partial charge in [0.1, 0.15) is 0 Å². The average Bonchev–Trinajstić information content (AvgIpc) is 3.34. The fraction of sp³-hybridized carbons (Fsp3) is 0.519. The molecule has 4 rings (SSSR count). The smallest absolute Gasteiger partial charge is 0.253 e. The fourth-order valence-electron chi connectivity index (χ4n) is 5.16. The third-order valence-corrected chi connectivity index (χ3v) is 6.97. The molecule has 2 N–H and O–H groups in total. The van der Waals surface area contributed by atoms with Gasteiger partial charge in [-0.05, 0) is 62.1 Å². The first-order chi connectivity index (χ1) is 15.7. The number of anilines is 1. The largest absolute Gasteiger partial charge is 0.382 e. The van der Waals surface area contributed by atoms with E-state index < -0.39 is 0 Å². The molecule has 5 heteroatoms. The molecule has 1 heterocycles. The van der Waals surface area contributed by atoms with Gasteiger partial charge in [-0.15, -0.1) is 0 Å². The molecular formula is C27H38N4O. The van der Waals surface area contributed by atoms with Crippen LogP contribution in [-0.2, 0) is 0 Å². The summed E-state index contributed by atoms with van der Waals surface area (Å²) < 4.78 is 0. The van der Waals surface area contributed by atoms with Gasteiger partial charge in [0.2, 0.25) is 0 Å². The molecule has 5 nitrogen and oxygen atoms in total.